The highest BCUT2D eigenvalue weighted by Gasteiger charge is 2.26. The van der Waals surface area contributed by atoms with Gasteiger partial charge in [0.25, 0.3) is 5.91 Å². The molecule has 24 heavy (non-hydrogen) atoms. The molecule has 2 aliphatic rings. The van der Waals surface area contributed by atoms with Crippen molar-refractivity contribution in [1.82, 2.24) is 9.88 Å². The number of benzene rings is 1. The maximum Gasteiger partial charge on any atom is 0.270 e. The largest absolute Gasteiger partial charge is 0.337 e. The lowest BCUT2D eigenvalue weighted by molar-refractivity contribution is 0.0788. The molecule has 1 aromatic carbocycles. The number of carbonyl (C=O) groups excluding carboxylic acids is 1. The molecule has 4 rings (SSSR count). The van der Waals surface area contributed by atoms with Gasteiger partial charge in [-0.25, -0.2) is 0 Å². The normalized spacial score (nSPS) is 16.6. The first-order valence-electron chi connectivity index (χ1n) is 8.08. The zero-order valence-electron chi connectivity index (χ0n) is 13.3. The number of anilines is 2. The summed E-state index contributed by atoms with van der Waals surface area (Å²) in [6.45, 7) is 5.79. The highest BCUT2D eigenvalue weighted by atomic mass is 35.5. The molecule has 4 nitrogen and oxygen atoms in total. The number of nitrogens with zero attached hydrogens (tertiary/aromatic N) is 2. The van der Waals surface area contributed by atoms with Crippen LogP contribution in [0, 0.1) is 0 Å². The first-order chi connectivity index (χ1) is 11.6. The van der Waals surface area contributed by atoms with Crippen LogP contribution in [0.5, 0.6) is 0 Å². The van der Waals surface area contributed by atoms with Crippen molar-refractivity contribution in [2.75, 3.05) is 18.0 Å². The Morgan fingerprint density at radius 1 is 1.12 bits per heavy atom. The first-order valence-corrected chi connectivity index (χ1v) is 8.46. The van der Waals surface area contributed by atoms with Gasteiger partial charge >= 0.3 is 0 Å². The lowest BCUT2D eigenvalue weighted by Crippen LogP contribution is -2.28. The topological polar surface area (TPSA) is 39.3 Å². The Morgan fingerprint density at radius 2 is 1.83 bits per heavy atom. The first kappa shape index (κ1) is 15.1. The third-order valence-corrected chi connectivity index (χ3v) is 4.75. The van der Waals surface area contributed by atoms with Gasteiger partial charge < -0.3 is 9.88 Å². The van der Waals surface area contributed by atoms with Crippen molar-refractivity contribution in [3.05, 3.63) is 65.0 Å². The zero-order chi connectivity index (χ0) is 16.7. The summed E-state index contributed by atoms with van der Waals surface area (Å²) in [5.41, 5.74) is 3.41. The molecule has 2 aromatic rings. The fraction of sp³-hybridized carbons (Fsp3) is 0.211. The number of rotatable bonds is 2. The maximum atomic E-state index is 12.6. The Kier molecular flexibility index (Phi) is 3.69. The Hall–Kier alpha value is -2.46. The molecule has 3 heterocycles. The van der Waals surface area contributed by atoms with Crippen molar-refractivity contribution >= 4 is 35.1 Å². The van der Waals surface area contributed by atoms with Crippen molar-refractivity contribution < 1.29 is 4.79 Å². The van der Waals surface area contributed by atoms with E-state index in [1.807, 2.05) is 52.3 Å². The molecule has 1 fully saturated rings. The number of carbonyl (C=O) groups is 1. The van der Waals surface area contributed by atoms with Gasteiger partial charge in [-0.1, -0.05) is 18.2 Å². The Balaban J connectivity index is 1.72. The third kappa shape index (κ3) is 2.53. The van der Waals surface area contributed by atoms with Crippen LogP contribution in [0.3, 0.4) is 0 Å². The van der Waals surface area contributed by atoms with Gasteiger partial charge in [0, 0.05) is 35.1 Å². The molecule has 0 saturated carbocycles. The number of amides is 1. The van der Waals surface area contributed by atoms with Gasteiger partial charge in [-0.05, 0) is 55.3 Å². The molecule has 1 saturated heterocycles. The minimum atomic E-state index is 0.0666. The number of likely N-dealkylation sites (tertiary alicyclic amines) is 1. The van der Waals surface area contributed by atoms with Crippen LogP contribution in [0.2, 0.25) is 5.02 Å². The van der Waals surface area contributed by atoms with Gasteiger partial charge in [0.05, 0.1) is 0 Å². The molecule has 1 N–H and O–H groups in total. The van der Waals surface area contributed by atoms with E-state index in [2.05, 4.69) is 11.6 Å². The fourth-order valence-corrected chi connectivity index (χ4v) is 3.39. The van der Waals surface area contributed by atoms with Gasteiger partial charge in [-0.15, -0.1) is 0 Å². The van der Waals surface area contributed by atoms with Crippen molar-refractivity contribution in [2.45, 2.75) is 12.8 Å². The minimum Gasteiger partial charge on any atom is -0.337 e. The van der Waals surface area contributed by atoms with E-state index in [1.54, 1.807) is 0 Å². The number of H-pyrrole nitrogens is 1. The van der Waals surface area contributed by atoms with Crippen LogP contribution in [-0.2, 0) is 0 Å². The highest BCUT2D eigenvalue weighted by molar-refractivity contribution is 6.30. The molecule has 0 bridgehead atoms. The lowest BCUT2D eigenvalue weighted by atomic mass is 10.1. The molecule has 122 valence electrons. The minimum absolute atomic E-state index is 0.0666. The molecule has 0 unspecified atom stereocenters. The van der Waals surface area contributed by atoms with Gasteiger partial charge in [-0.2, -0.15) is 0 Å². The molecule has 0 radical (unpaired) electrons. The van der Waals surface area contributed by atoms with Crippen molar-refractivity contribution in [1.29, 1.82) is 0 Å². The molecule has 1 aromatic heterocycles. The number of aromatic nitrogens is 1. The number of aromatic amines is 1. The van der Waals surface area contributed by atoms with E-state index >= 15 is 0 Å². The summed E-state index contributed by atoms with van der Waals surface area (Å²) in [6, 6.07) is 9.50. The fourth-order valence-electron chi connectivity index (χ4n) is 3.27. The average Bonchev–Trinajstić information content (AvgIpc) is 3.25. The smallest absolute Gasteiger partial charge is 0.270 e. The molecule has 5 heteroatoms. The quantitative estimate of drug-likeness (QED) is 0.869. The summed E-state index contributed by atoms with van der Waals surface area (Å²) in [5.74, 6) is 0.935. The van der Waals surface area contributed by atoms with Crippen LogP contribution in [0.15, 0.2) is 48.7 Å². The van der Waals surface area contributed by atoms with Crippen LogP contribution in [0.4, 0.5) is 11.5 Å². The van der Waals surface area contributed by atoms with Crippen LogP contribution in [-0.4, -0.2) is 28.9 Å². The molecule has 0 atom stereocenters. The highest BCUT2D eigenvalue weighted by Crippen LogP contribution is 2.37. The number of hydrogen-bond acceptors (Lipinski definition) is 2. The number of hydrogen-bond donors (Lipinski definition) is 1. The monoisotopic (exact) mass is 339 g/mol. The van der Waals surface area contributed by atoms with Crippen LogP contribution in [0.25, 0.3) is 6.08 Å². The Bertz CT molecular complexity index is 829. The number of nitrogens with one attached hydrogen (secondary N) is 1. The van der Waals surface area contributed by atoms with Crippen molar-refractivity contribution in [2.24, 2.45) is 0 Å². The van der Waals surface area contributed by atoms with Crippen molar-refractivity contribution in [3.63, 3.8) is 0 Å². The van der Waals surface area contributed by atoms with Gasteiger partial charge in [0.15, 0.2) is 0 Å². The number of allylic oxidation sites excluding steroid dienone is 1. The maximum absolute atomic E-state index is 12.6. The number of fused-ring (bicyclic) bond motifs is 1. The van der Waals surface area contributed by atoms with Crippen LogP contribution >= 0.6 is 11.6 Å². The Labute approximate surface area is 146 Å². The third-order valence-electron chi connectivity index (χ3n) is 4.50. The van der Waals surface area contributed by atoms with Gasteiger partial charge in [0.1, 0.15) is 11.5 Å². The van der Waals surface area contributed by atoms with E-state index in [1.165, 1.54) is 0 Å². The molecule has 1 amide bonds. The number of halogens is 1. The average molecular weight is 340 g/mol. The molecule has 2 aliphatic heterocycles. The van der Waals surface area contributed by atoms with E-state index in [9.17, 15) is 4.79 Å². The van der Waals surface area contributed by atoms with Gasteiger partial charge in [0.2, 0.25) is 0 Å². The van der Waals surface area contributed by atoms with E-state index in [4.69, 9.17) is 11.6 Å². The second kappa shape index (κ2) is 5.87. The SMILES string of the molecule is C=C1C=Cc2cc(C(=O)N3CCCC3)[nH]c2N1c1ccc(Cl)cc1. The summed E-state index contributed by atoms with van der Waals surface area (Å²) < 4.78 is 0. The standard InChI is InChI=1S/C19H18ClN3O/c1-13-4-5-14-12-17(19(24)22-10-2-3-11-22)21-18(14)23(13)16-8-6-15(20)7-9-16/h4-9,12,21H,1-3,10-11H2. The van der Waals surface area contributed by atoms with Crippen LogP contribution < -0.4 is 4.90 Å². The van der Waals surface area contributed by atoms with E-state index in [-0.39, 0.29) is 5.91 Å². The molecular weight excluding hydrogens is 322 g/mol. The van der Waals surface area contributed by atoms with Gasteiger partial charge in [-0.3, -0.25) is 9.69 Å². The van der Waals surface area contributed by atoms with E-state index < -0.39 is 0 Å². The zero-order valence-corrected chi connectivity index (χ0v) is 14.0. The van der Waals surface area contributed by atoms with Crippen molar-refractivity contribution in [3.8, 4) is 0 Å². The molecule has 0 spiro atoms. The Morgan fingerprint density at radius 3 is 2.54 bits per heavy atom. The second-order valence-electron chi connectivity index (χ2n) is 6.12. The summed E-state index contributed by atoms with van der Waals surface area (Å²) >= 11 is 5.99. The van der Waals surface area contributed by atoms with E-state index in [0.717, 1.165) is 48.7 Å². The molecule has 0 aliphatic carbocycles. The van der Waals surface area contributed by atoms with E-state index in [0.29, 0.717) is 10.7 Å². The summed E-state index contributed by atoms with van der Waals surface area (Å²) in [4.78, 5) is 19.9. The summed E-state index contributed by atoms with van der Waals surface area (Å²) in [7, 11) is 0. The second-order valence-corrected chi connectivity index (χ2v) is 6.56. The predicted octanol–water partition coefficient (Wildman–Crippen LogP) is 4.58. The lowest BCUT2D eigenvalue weighted by Gasteiger charge is -2.27. The molecular formula is C19H18ClN3O. The van der Waals surface area contributed by atoms with Crippen LogP contribution in [0.1, 0.15) is 28.9 Å². The predicted molar refractivity (Wildman–Crippen MR) is 97.7 cm³/mol. The summed E-state index contributed by atoms with van der Waals surface area (Å²) in [5, 5.41) is 0.688. The summed E-state index contributed by atoms with van der Waals surface area (Å²) in [6.07, 6.45) is 6.11.